The van der Waals surface area contributed by atoms with Crippen molar-refractivity contribution in [3.8, 4) is 0 Å². The molecule has 0 radical (unpaired) electrons. The molecule has 0 aromatic carbocycles. The zero-order valence-corrected chi connectivity index (χ0v) is 18.0. The molecule has 2 atom stereocenters. The van der Waals surface area contributed by atoms with Crippen LogP contribution in [0.5, 0.6) is 0 Å². The molecule has 0 heterocycles. The van der Waals surface area contributed by atoms with E-state index in [1.54, 1.807) is 0 Å². The summed E-state index contributed by atoms with van der Waals surface area (Å²) in [6.45, 7) is 3.72. The summed E-state index contributed by atoms with van der Waals surface area (Å²) in [4.78, 5) is 0. The third-order valence-corrected chi connectivity index (χ3v) is 4.95. The number of hydrogen-bond donors (Lipinski definition) is 1. The van der Waals surface area contributed by atoms with Crippen LogP contribution < -0.4 is 51.4 Å². The van der Waals surface area contributed by atoms with Crippen LogP contribution in [0, 0.1) is 0 Å². The summed E-state index contributed by atoms with van der Waals surface area (Å²) in [7, 11) is -4.11. The fourth-order valence-electron chi connectivity index (χ4n) is 2.45. The molecule has 0 fully saturated rings. The molecule has 21 heavy (non-hydrogen) atoms. The summed E-state index contributed by atoms with van der Waals surface area (Å²) in [6.07, 6.45) is 9.93. The summed E-state index contributed by atoms with van der Waals surface area (Å²) >= 11 is 0. The van der Waals surface area contributed by atoms with E-state index >= 15 is 0 Å². The minimum absolute atomic E-state index is 0. The van der Waals surface area contributed by atoms with Crippen molar-refractivity contribution in [2.24, 2.45) is 0 Å². The molecule has 0 aliphatic heterocycles. The van der Waals surface area contributed by atoms with Gasteiger partial charge in [-0.3, -0.25) is 0 Å². The molecule has 0 aromatic heterocycles. The Balaban J connectivity index is 0. The average molecular weight is 347 g/mol. The van der Waals surface area contributed by atoms with E-state index in [1.807, 2.05) is 13.8 Å². The van der Waals surface area contributed by atoms with E-state index in [2.05, 4.69) is 0 Å². The van der Waals surface area contributed by atoms with E-state index in [0.717, 1.165) is 51.4 Å². The largest absolute Gasteiger partial charge is 1.00 e. The van der Waals surface area contributed by atoms with Crippen molar-refractivity contribution in [2.75, 3.05) is 0 Å². The summed E-state index contributed by atoms with van der Waals surface area (Å²) in [5.74, 6) is 0. The van der Waals surface area contributed by atoms with Gasteiger partial charge in [-0.1, -0.05) is 58.3 Å². The van der Waals surface area contributed by atoms with E-state index in [0.29, 0.717) is 12.8 Å². The van der Waals surface area contributed by atoms with Gasteiger partial charge in [-0.05, 0) is 26.2 Å². The van der Waals surface area contributed by atoms with E-state index < -0.39 is 15.4 Å². The van der Waals surface area contributed by atoms with Crippen LogP contribution in [-0.4, -0.2) is 29.4 Å². The van der Waals surface area contributed by atoms with Gasteiger partial charge in [0, 0.05) is 5.25 Å². The number of hydrogen-bond acceptors (Lipinski definition) is 4. The van der Waals surface area contributed by atoms with Crippen LogP contribution in [0.2, 0.25) is 0 Å². The van der Waals surface area contributed by atoms with Crippen LogP contribution in [0.25, 0.3) is 0 Å². The fourth-order valence-corrected chi connectivity index (χ4v) is 3.43. The molecule has 0 amide bonds. The van der Waals surface area contributed by atoms with Gasteiger partial charge < -0.3 is 9.66 Å². The summed E-state index contributed by atoms with van der Waals surface area (Å²) in [5, 5.41) is 8.43. The molecule has 0 saturated carbocycles. The monoisotopic (exact) mass is 346 g/mol. The molecule has 4 nitrogen and oxygen atoms in total. The Morgan fingerprint density at radius 2 is 1.33 bits per heavy atom. The zero-order valence-electron chi connectivity index (χ0n) is 14.0. The number of unbranched alkanes of at least 4 members (excludes halogenated alkanes) is 6. The Labute approximate surface area is 173 Å². The standard InChI is InChI=1S/C15H32O4S.K/c1-3-11-15(20(17,18)19)13-10-8-6-4-5-7-9-12-14(2)16;/h14-16H,3-13H2,1-2H3,(H,17,18,19);/q;+1/p-1. The van der Waals surface area contributed by atoms with E-state index in [4.69, 9.17) is 5.11 Å². The smallest absolute Gasteiger partial charge is 0.748 e. The fraction of sp³-hybridized carbons (Fsp3) is 1.00. The second kappa shape index (κ2) is 15.1. The summed E-state index contributed by atoms with van der Waals surface area (Å²) < 4.78 is 33.1. The summed E-state index contributed by atoms with van der Waals surface area (Å²) in [5.41, 5.74) is 0. The molecule has 0 aliphatic rings. The van der Waals surface area contributed by atoms with Gasteiger partial charge in [0.05, 0.1) is 16.2 Å². The van der Waals surface area contributed by atoms with Crippen LogP contribution in [0.3, 0.4) is 0 Å². The first-order valence-corrected chi connectivity index (χ1v) is 9.47. The van der Waals surface area contributed by atoms with Crippen LogP contribution in [0.1, 0.15) is 84.5 Å². The zero-order chi connectivity index (χ0) is 15.4. The van der Waals surface area contributed by atoms with Gasteiger partial charge in [-0.15, -0.1) is 0 Å². The number of rotatable bonds is 13. The van der Waals surface area contributed by atoms with Crippen molar-refractivity contribution in [1.29, 1.82) is 0 Å². The van der Waals surface area contributed by atoms with Crippen LogP contribution in [-0.2, 0) is 10.1 Å². The molecule has 0 saturated heterocycles. The molecule has 2 unspecified atom stereocenters. The van der Waals surface area contributed by atoms with Gasteiger partial charge in [0.1, 0.15) is 0 Å². The van der Waals surface area contributed by atoms with Crippen molar-refractivity contribution < 1.29 is 69.5 Å². The Bertz CT molecular complexity index is 318. The Kier molecular flexibility index (Phi) is 17.8. The molecule has 1 N–H and O–H groups in total. The minimum atomic E-state index is -4.11. The topological polar surface area (TPSA) is 77.4 Å². The Morgan fingerprint density at radius 1 is 0.905 bits per heavy atom. The molecular formula is C15H31KO4S. The number of aliphatic hydroxyl groups is 1. The van der Waals surface area contributed by atoms with Crippen molar-refractivity contribution in [3.05, 3.63) is 0 Å². The predicted octanol–water partition coefficient (Wildman–Crippen LogP) is 0.596. The molecule has 0 rings (SSSR count). The third kappa shape index (κ3) is 16.2. The van der Waals surface area contributed by atoms with Gasteiger partial charge in [-0.25, -0.2) is 8.42 Å². The normalized spacial score (nSPS) is 14.5. The van der Waals surface area contributed by atoms with Gasteiger partial charge in [0.25, 0.3) is 0 Å². The molecule has 6 heteroatoms. The first kappa shape index (κ1) is 24.8. The van der Waals surface area contributed by atoms with Gasteiger partial charge in [-0.2, -0.15) is 0 Å². The van der Waals surface area contributed by atoms with Crippen LogP contribution in [0.15, 0.2) is 0 Å². The van der Waals surface area contributed by atoms with E-state index in [-0.39, 0.29) is 57.5 Å². The summed E-state index contributed by atoms with van der Waals surface area (Å²) in [6, 6.07) is 0. The molecule has 0 bridgehead atoms. The van der Waals surface area contributed by atoms with Gasteiger partial charge in [0.2, 0.25) is 0 Å². The molecule has 0 spiro atoms. The molecule has 0 aromatic rings. The van der Waals surface area contributed by atoms with Crippen LogP contribution in [0.4, 0.5) is 0 Å². The van der Waals surface area contributed by atoms with Crippen molar-refractivity contribution in [3.63, 3.8) is 0 Å². The SMILES string of the molecule is CCCC(CCCCCCCCCC(C)O)S(=O)(=O)[O-].[K+]. The van der Waals surface area contributed by atoms with Crippen molar-refractivity contribution in [1.82, 2.24) is 0 Å². The first-order valence-electron chi connectivity index (χ1n) is 8.00. The maximum atomic E-state index is 11.0. The van der Waals surface area contributed by atoms with Crippen molar-refractivity contribution >= 4 is 10.1 Å². The average Bonchev–Trinajstić information content (AvgIpc) is 2.33. The molecular weight excluding hydrogens is 315 g/mol. The Morgan fingerprint density at radius 3 is 1.71 bits per heavy atom. The maximum absolute atomic E-state index is 11.0. The van der Waals surface area contributed by atoms with Crippen LogP contribution >= 0.6 is 0 Å². The van der Waals surface area contributed by atoms with Gasteiger partial charge in [0.15, 0.2) is 0 Å². The van der Waals surface area contributed by atoms with Gasteiger partial charge >= 0.3 is 51.4 Å². The Hall–Kier alpha value is 1.51. The third-order valence-electron chi connectivity index (χ3n) is 3.67. The first-order chi connectivity index (χ1) is 9.38. The minimum Gasteiger partial charge on any atom is -0.748 e. The molecule has 122 valence electrons. The maximum Gasteiger partial charge on any atom is 1.00 e. The quantitative estimate of drug-likeness (QED) is 0.301. The van der Waals surface area contributed by atoms with E-state index in [9.17, 15) is 13.0 Å². The second-order valence-corrected chi connectivity index (χ2v) is 7.46. The van der Waals surface area contributed by atoms with E-state index in [1.165, 1.54) is 6.42 Å². The predicted molar refractivity (Wildman–Crippen MR) is 81.6 cm³/mol. The molecule has 0 aliphatic carbocycles. The second-order valence-electron chi connectivity index (χ2n) is 5.80. The van der Waals surface area contributed by atoms with Crippen molar-refractivity contribution in [2.45, 2.75) is 95.8 Å². The number of aliphatic hydroxyl groups excluding tert-OH is 1.